The topological polar surface area (TPSA) is 44.4 Å². The van der Waals surface area contributed by atoms with Crippen LogP contribution in [0.1, 0.15) is 12.8 Å². The third kappa shape index (κ3) is 2.91. The lowest BCUT2D eigenvalue weighted by atomic mass is 10.00. The molecule has 3 rings (SSSR count). The van der Waals surface area contributed by atoms with Gasteiger partial charge in [0.2, 0.25) is 5.91 Å². The summed E-state index contributed by atoms with van der Waals surface area (Å²) in [5, 5.41) is 7.09. The molecule has 2 aliphatic heterocycles. The summed E-state index contributed by atoms with van der Waals surface area (Å²) >= 11 is 6.26. The van der Waals surface area contributed by atoms with Crippen molar-refractivity contribution in [1.82, 2.24) is 10.6 Å². The van der Waals surface area contributed by atoms with Crippen molar-refractivity contribution in [2.75, 3.05) is 31.1 Å². The Hall–Kier alpha value is -1.26. The van der Waals surface area contributed by atoms with Crippen molar-refractivity contribution in [2.24, 2.45) is 5.92 Å². The molecular weight excluding hydrogens is 274 g/mol. The normalized spacial score (nSPS) is 23.2. The summed E-state index contributed by atoms with van der Waals surface area (Å²) in [6.45, 7) is 3.47. The van der Waals surface area contributed by atoms with Crippen molar-refractivity contribution < 1.29 is 4.79 Å². The molecule has 2 heterocycles. The highest BCUT2D eigenvalue weighted by molar-refractivity contribution is 6.33. The van der Waals surface area contributed by atoms with Gasteiger partial charge in [0.05, 0.1) is 16.6 Å². The molecule has 1 aromatic rings. The number of hydrogen-bond acceptors (Lipinski definition) is 3. The first-order valence-electron chi connectivity index (χ1n) is 7.24. The van der Waals surface area contributed by atoms with Gasteiger partial charge in [-0.15, -0.1) is 0 Å². The minimum absolute atomic E-state index is 0.158. The van der Waals surface area contributed by atoms with Crippen LogP contribution >= 0.6 is 11.6 Å². The molecule has 2 fully saturated rings. The highest BCUT2D eigenvalue weighted by Crippen LogP contribution is 2.27. The molecule has 20 heavy (non-hydrogen) atoms. The molecule has 1 amide bonds. The number of para-hydroxylation sites is 1. The molecule has 5 heteroatoms. The van der Waals surface area contributed by atoms with E-state index in [9.17, 15) is 4.79 Å². The predicted molar refractivity (Wildman–Crippen MR) is 81.2 cm³/mol. The number of amides is 1. The van der Waals surface area contributed by atoms with Gasteiger partial charge in [-0.05, 0) is 25.0 Å². The van der Waals surface area contributed by atoms with Crippen molar-refractivity contribution in [3.05, 3.63) is 29.3 Å². The molecule has 1 unspecified atom stereocenters. The molecule has 108 valence electrons. The first-order chi connectivity index (χ1) is 9.74. The predicted octanol–water partition coefficient (Wildman–Crippen LogP) is 1.64. The van der Waals surface area contributed by atoms with Gasteiger partial charge in [-0.1, -0.05) is 23.7 Å². The smallest absolute Gasteiger partial charge is 0.225 e. The summed E-state index contributed by atoms with van der Waals surface area (Å²) in [6, 6.07) is 8.14. The van der Waals surface area contributed by atoms with E-state index < -0.39 is 0 Å². The van der Waals surface area contributed by atoms with Gasteiger partial charge in [-0.2, -0.15) is 0 Å². The number of halogens is 1. The van der Waals surface area contributed by atoms with E-state index in [4.69, 9.17) is 11.6 Å². The van der Waals surface area contributed by atoms with E-state index >= 15 is 0 Å². The van der Waals surface area contributed by atoms with E-state index in [1.807, 2.05) is 24.3 Å². The van der Waals surface area contributed by atoms with Crippen LogP contribution in [0.3, 0.4) is 0 Å². The molecule has 0 radical (unpaired) electrons. The zero-order valence-electron chi connectivity index (χ0n) is 11.4. The van der Waals surface area contributed by atoms with E-state index in [2.05, 4.69) is 15.5 Å². The van der Waals surface area contributed by atoms with E-state index in [1.54, 1.807) is 0 Å². The Morgan fingerprint density at radius 1 is 1.35 bits per heavy atom. The molecule has 0 aliphatic carbocycles. The first-order valence-corrected chi connectivity index (χ1v) is 7.62. The van der Waals surface area contributed by atoms with Crippen molar-refractivity contribution in [1.29, 1.82) is 0 Å². The van der Waals surface area contributed by atoms with E-state index in [0.29, 0.717) is 0 Å². The number of benzene rings is 1. The summed E-state index contributed by atoms with van der Waals surface area (Å²) < 4.78 is 0. The van der Waals surface area contributed by atoms with Crippen LogP contribution in [0.25, 0.3) is 0 Å². The number of anilines is 1. The fraction of sp³-hybridized carbons (Fsp3) is 0.533. The quantitative estimate of drug-likeness (QED) is 0.891. The van der Waals surface area contributed by atoms with Gasteiger partial charge in [0, 0.05) is 32.2 Å². The third-order valence-electron chi connectivity index (χ3n) is 4.11. The largest absolute Gasteiger partial charge is 0.368 e. The lowest BCUT2D eigenvalue weighted by Gasteiger charge is -2.36. The Labute approximate surface area is 124 Å². The van der Waals surface area contributed by atoms with Crippen LogP contribution in [0.5, 0.6) is 0 Å². The maximum atomic E-state index is 12.0. The van der Waals surface area contributed by atoms with Gasteiger partial charge in [0.15, 0.2) is 0 Å². The molecular formula is C15H20ClN3O. The zero-order chi connectivity index (χ0) is 13.9. The molecule has 1 atom stereocenters. The number of hydrogen-bond donors (Lipinski definition) is 2. The van der Waals surface area contributed by atoms with Crippen LogP contribution in [0.15, 0.2) is 24.3 Å². The minimum Gasteiger partial charge on any atom is -0.368 e. The second kappa shape index (κ2) is 6.02. The Bertz CT molecular complexity index is 490. The van der Waals surface area contributed by atoms with Gasteiger partial charge in [0.25, 0.3) is 0 Å². The van der Waals surface area contributed by atoms with Crippen LogP contribution in [-0.2, 0) is 4.79 Å². The maximum Gasteiger partial charge on any atom is 0.225 e. The standard InChI is InChI=1S/C15H20ClN3O/c16-13-5-1-2-6-14(13)19-7-3-4-12(10-19)18-15(20)11-8-17-9-11/h1-2,5-6,11-12,17H,3-4,7-10H2,(H,18,20). The molecule has 4 nitrogen and oxygen atoms in total. The van der Waals surface area contributed by atoms with Gasteiger partial charge in [0.1, 0.15) is 0 Å². The Morgan fingerprint density at radius 2 is 2.15 bits per heavy atom. The van der Waals surface area contributed by atoms with Crippen LogP contribution in [0.2, 0.25) is 5.02 Å². The SMILES string of the molecule is O=C(NC1CCCN(c2ccccc2Cl)C1)C1CNC1. The van der Waals surface area contributed by atoms with Gasteiger partial charge < -0.3 is 15.5 Å². The number of rotatable bonds is 3. The number of carbonyl (C=O) groups excluding carboxylic acids is 1. The Morgan fingerprint density at radius 3 is 2.85 bits per heavy atom. The van der Waals surface area contributed by atoms with Crippen molar-refractivity contribution in [3.63, 3.8) is 0 Å². The number of nitrogens with one attached hydrogen (secondary N) is 2. The first kappa shape index (κ1) is 13.7. The molecule has 2 N–H and O–H groups in total. The highest BCUT2D eigenvalue weighted by atomic mass is 35.5. The number of carbonyl (C=O) groups is 1. The summed E-state index contributed by atoms with van der Waals surface area (Å²) in [7, 11) is 0. The molecule has 0 saturated carbocycles. The molecule has 2 aliphatic rings. The number of nitrogens with zero attached hydrogens (tertiary/aromatic N) is 1. The summed E-state index contributed by atoms with van der Waals surface area (Å²) in [4.78, 5) is 14.3. The minimum atomic E-state index is 0.158. The average molecular weight is 294 g/mol. The Kier molecular flexibility index (Phi) is 4.13. The third-order valence-corrected chi connectivity index (χ3v) is 4.43. The van der Waals surface area contributed by atoms with Crippen molar-refractivity contribution >= 4 is 23.2 Å². The Balaban J connectivity index is 1.61. The van der Waals surface area contributed by atoms with Crippen LogP contribution in [0.4, 0.5) is 5.69 Å². The van der Waals surface area contributed by atoms with Gasteiger partial charge in [-0.3, -0.25) is 4.79 Å². The molecule has 2 saturated heterocycles. The van der Waals surface area contributed by atoms with Crippen LogP contribution in [-0.4, -0.2) is 38.1 Å². The van der Waals surface area contributed by atoms with E-state index in [0.717, 1.165) is 49.7 Å². The average Bonchev–Trinajstić information content (AvgIpc) is 2.37. The van der Waals surface area contributed by atoms with E-state index in [-0.39, 0.29) is 17.9 Å². The van der Waals surface area contributed by atoms with Gasteiger partial charge in [-0.25, -0.2) is 0 Å². The monoisotopic (exact) mass is 293 g/mol. The number of piperidine rings is 1. The molecule has 0 spiro atoms. The highest BCUT2D eigenvalue weighted by Gasteiger charge is 2.28. The van der Waals surface area contributed by atoms with Gasteiger partial charge >= 0.3 is 0 Å². The lowest BCUT2D eigenvalue weighted by molar-refractivity contribution is -0.127. The molecule has 0 bridgehead atoms. The fourth-order valence-corrected chi connectivity index (χ4v) is 3.07. The zero-order valence-corrected chi connectivity index (χ0v) is 12.2. The van der Waals surface area contributed by atoms with E-state index in [1.165, 1.54) is 0 Å². The maximum absolute atomic E-state index is 12.0. The fourth-order valence-electron chi connectivity index (χ4n) is 2.82. The summed E-state index contributed by atoms with van der Waals surface area (Å²) in [5.74, 6) is 0.348. The van der Waals surface area contributed by atoms with Crippen molar-refractivity contribution in [2.45, 2.75) is 18.9 Å². The second-order valence-electron chi connectivity index (χ2n) is 5.60. The lowest BCUT2D eigenvalue weighted by Crippen LogP contribution is -2.55. The second-order valence-corrected chi connectivity index (χ2v) is 6.01. The van der Waals surface area contributed by atoms with Crippen LogP contribution in [0, 0.1) is 5.92 Å². The molecule has 1 aromatic carbocycles. The van der Waals surface area contributed by atoms with Crippen molar-refractivity contribution in [3.8, 4) is 0 Å². The van der Waals surface area contributed by atoms with Crippen LogP contribution < -0.4 is 15.5 Å². The molecule has 0 aromatic heterocycles. The summed E-state index contributed by atoms with van der Waals surface area (Å²) in [5.41, 5.74) is 1.07. The summed E-state index contributed by atoms with van der Waals surface area (Å²) in [6.07, 6.45) is 2.13.